The second kappa shape index (κ2) is 18.2. The quantitative estimate of drug-likeness (QED) is 0.0631. The number of ether oxygens (including phenoxy) is 3. The van der Waals surface area contributed by atoms with Gasteiger partial charge < -0.3 is 18.8 Å². The van der Waals surface area contributed by atoms with Gasteiger partial charge in [-0.15, -0.1) is 0 Å². The van der Waals surface area contributed by atoms with Crippen LogP contribution in [-0.2, 0) is 24.6 Å². The molecule has 3 atom stereocenters. The molecule has 69 heavy (non-hydrogen) atoms. The molecule has 0 unspecified atom stereocenters. The zero-order chi connectivity index (χ0) is 47.2. The molecule has 3 aliphatic carbocycles. The average molecular weight is 939 g/mol. The maximum atomic E-state index is 16.2. The lowest BCUT2D eigenvalue weighted by molar-refractivity contribution is -0.162. The lowest BCUT2D eigenvalue weighted by Crippen LogP contribution is -2.45. The Hall–Kier alpha value is -7.44. The lowest BCUT2D eigenvalue weighted by Gasteiger charge is -2.47. The van der Waals surface area contributed by atoms with Crippen LogP contribution in [-0.4, -0.2) is 61.6 Å². The largest absolute Gasteiger partial charge is 0.497 e. The molecular weight excluding hydrogens is 891 g/mol. The number of pyridine rings is 1. The maximum Gasteiger partial charge on any atom is 0.313 e. The second-order valence-electron chi connectivity index (χ2n) is 18.1. The van der Waals surface area contributed by atoms with Gasteiger partial charge in [0.25, 0.3) is 0 Å². The number of methoxy groups -OCH3 is 1. The number of hydrogen-bond donors (Lipinski definition) is 0. The van der Waals surface area contributed by atoms with Gasteiger partial charge in [0.15, 0.2) is 17.3 Å². The summed E-state index contributed by atoms with van der Waals surface area (Å²) in [5.41, 5.74) is 3.94. The Labute approximate surface area is 402 Å². The Bertz CT molecular complexity index is 3260. The van der Waals surface area contributed by atoms with Crippen molar-refractivity contribution >= 4 is 56.4 Å². The Balaban J connectivity index is 0.916. The number of esters is 2. The van der Waals surface area contributed by atoms with E-state index in [1.165, 1.54) is 12.4 Å². The number of aromatic nitrogens is 6. The molecule has 12 rings (SSSR count). The highest BCUT2D eigenvalue weighted by Crippen LogP contribution is 2.53. The number of fused-ring (bicyclic) bond motifs is 6. The van der Waals surface area contributed by atoms with Crippen molar-refractivity contribution in [1.29, 1.82) is 0 Å². The fourth-order valence-corrected chi connectivity index (χ4v) is 11.2. The molecule has 346 valence electrons. The van der Waals surface area contributed by atoms with Crippen molar-refractivity contribution in [2.24, 2.45) is 17.8 Å². The predicted molar refractivity (Wildman–Crippen MR) is 262 cm³/mol. The highest BCUT2D eigenvalue weighted by atomic mass is 35.5. The van der Waals surface area contributed by atoms with Crippen molar-refractivity contribution in [3.8, 4) is 17.3 Å². The van der Waals surface area contributed by atoms with Crippen LogP contribution in [0.5, 0.6) is 5.75 Å². The van der Waals surface area contributed by atoms with E-state index in [9.17, 15) is 9.59 Å². The molecule has 0 spiro atoms. The Morgan fingerprint density at radius 2 is 1.36 bits per heavy atom. The molecule has 4 aromatic heterocycles. The van der Waals surface area contributed by atoms with Gasteiger partial charge in [0.2, 0.25) is 0 Å². The third kappa shape index (κ3) is 7.76. The molecule has 0 radical (unpaired) electrons. The number of rotatable bonds is 13. The standard InChI is InChI=1S/C56H48ClFN6O5/c1-34(37-22-23-39-29-44(67-2)25-24-38(39)28-37)54(65)68-26-27-69-55(66)48-35-18-20-36(21-19-35)50(48)63-33-47(58)46-32-59-51(61-53(46)63)49-45-30-43(57)31-60-52(45)64(62-49)56(40-12-6-3-7-13-40,41-14-8-4-9-15-41)42-16-10-5-11-17-42/h3-17,22-25,28-36,48,50H,18-21,26-27H2,1-2H3/t34-,35?,36?,48-,50-/m0/s1. The highest BCUT2D eigenvalue weighted by Gasteiger charge is 2.49. The van der Waals surface area contributed by atoms with Gasteiger partial charge in [0.05, 0.1) is 40.8 Å². The zero-order valence-corrected chi connectivity index (χ0v) is 38.8. The van der Waals surface area contributed by atoms with Crippen molar-refractivity contribution in [2.75, 3.05) is 20.3 Å². The Morgan fingerprint density at radius 3 is 2.03 bits per heavy atom. The number of halogens is 2. The Kier molecular flexibility index (Phi) is 11.6. The van der Waals surface area contributed by atoms with Gasteiger partial charge in [-0.3, -0.25) is 9.59 Å². The van der Waals surface area contributed by atoms with E-state index in [0.29, 0.717) is 27.4 Å². The summed E-state index contributed by atoms with van der Waals surface area (Å²) in [4.78, 5) is 42.3. The number of nitrogens with zero attached hydrogens (tertiary/aromatic N) is 6. The minimum absolute atomic E-state index is 0.0275. The molecule has 0 N–H and O–H groups in total. The van der Waals surface area contributed by atoms with E-state index in [0.717, 1.165) is 64.5 Å². The summed E-state index contributed by atoms with van der Waals surface area (Å²) in [6.45, 7) is 1.60. The minimum Gasteiger partial charge on any atom is -0.497 e. The second-order valence-corrected chi connectivity index (χ2v) is 18.6. The first-order valence-corrected chi connectivity index (χ1v) is 23.8. The number of carbonyl (C=O) groups excluding carboxylic acids is 2. The molecule has 11 nitrogen and oxygen atoms in total. The molecule has 5 aromatic carbocycles. The molecule has 0 aliphatic heterocycles. The maximum absolute atomic E-state index is 16.2. The van der Waals surface area contributed by atoms with E-state index in [4.69, 9.17) is 45.9 Å². The van der Waals surface area contributed by atoms with E-state index >= 15 is 4.39 Å². The van der Waals surface area contributed by atoms with Gasteiger partial charge in [0.1, 0.15) is 35.8 Å². The van der Waals surface area contributed by atoms with Gasteiger partial charge in [-0.25, -0.2) is 24.0 Å². The molecule has 0 saturated heterocycles. The zero-order valence-electron chi connectivity index (χ0n) is 38.0. The molecule has 3 saturated carbocycles. The van der Waals surface area contributed by atoms with E-state index in [1.54, 1.807) is 20.2 Å². The molecular formula is C56H48ClFN6O5. The van der Waals surface area contributed by atoms with Crippen molar-refractivity contribution < 1.29 is 28.2 Å². The topological polar surface area (TPSA) is 123 Å². The molecule has 3 aliphatic rings. The van der Waals surface area contributed by atoms with Crippen molar-refractivity contribution in [3.05, 3.63) is 185 Å². The van der Waals surface area contributed by atoms with Gasteiger partial charge in [-0.1, -0.05) is 127 Å². The smallest absolute Gasteiger partial charge is 0.313 e. The predicted octanol–water partition coefficient (Wildman–Crippen LogP) is 11.5. The summed E-state index contributed by atoms with van der Waals surface area (Å²) >= 11 is 6.72. The molecule has 9 aromatic rings. The molecule has 2 bridgehead atoms. The van der Waals surface area contributed by atoms with Gasteiger partial charge >= 0.3 is 11.9 Å². The first kappa shape index (κ1) is 44.1. The molecule has 4 heterocycles. The van der Waals surface area contributed by atoms with Crippen LogP contribution in [0.2, 0.25) is 5.02 Å². The van der Waals surface area contributed by atoms with Crippen LogP contribution >= 0.6 is 11.6 Å². The molecule has 13 heteroatoms. The fourth-order valence-electron chi connectivity index (χ4n) is 11.0. The first-order chi connectivity index (χ1) is 33.7. The minimum atomic E-state index is -1.02. The number of carbonyl (C=O) groups is 2. The van der Waals surface area contributed by atoms with Crippen LogP contribution in [0.15, 0.2) is 152 Å². The Morgan fingerprint density at radius 1 is 0.739 bits per heavy atom. The normalized spacial score (nSPS) is 18.4. The average Bonchev–Trinajstić information content (AvgIpc) is 3.94. The number of benzene rings is 5. The van der Waals surface area contributed by atoms with Crippen LogP contribution in [0.3, 0.4) is 0 Å². The van der Waals surface area contributed by atoms with E-state index in [-0.39, 0.29) is 36.3 Å². The van der Waals surface area contributed by atoms with Crippen LogP contribution in [0.1, 0.15) is 66.8 Å². The van der Waals surface area contributed by atoms with E-state index in [2.05, 4.69) is 36.4 Å². The third-order valence-corrected chi connectivity index (χ3v) is 14.6. The van der Waals surface area contributed by atoms with Crippen molar-refractivity contribution in [1.82, 2.24) is 29.3 Å². The lowest BCUT2D eigenvalue weighted by atomic mass is 9.61. The van der Waals surface area contributed by atoms with Gasteiger partial charge in [0, 0.05) is 18.6 Å². The van der Waals surface area contributed by atoms with E-state index < -0.39 is 41.2 Å². The summed E-state index contributed by atoms with van der Waals surface area (Å²) in [7, 11) is 1.63. The van der Waals surface area contributed by atoms with Gasteiger partial charge in [-0.2, -0.15) is 5.10 Å². The summed E-state index contributed by atoms with van der Waals surface area (Å²) in [5.74, 6) is -1.30. The van der Waals surface area contributed by atoms with Crippen LogP contribution in [0.4, 0.5) is 4.39 Å². The first-order valence-electron chi connectivity index (χ1n) is 23.4. The monoisotopic (exact) mass is 938 g/mol. The third-order valence-electron chi connectivity index (χ3n) is 14.4. The van der Waals surface area contributed by atoms with Crippen LogP contribution < -0.4 is 4.74 Å². The summed E-state index contributed by atoms with van der Waals surface area (Å²) in [5, 5.41) is 8.62. The van der Waals surface area contributed by atoms with Crippen LogP contribution in [0.25, 0.3) is 44.4 Å². The van der Waals surface area contributed by atoms with E-state index in [1.807, 2.05) is 106 Å². The molecule has 3 fully saturated rings. The van der Waals surface area contributed by atoms with Crippen molar-refractivity contribution in [3.63, 3.8) is 0 Å². The summed E-state index contributed by atoms with van der Waals surface area (Å²) in [6.07, 6.45) is 8.03. The summed E-state index contributed by atoms with van der Waals surface area (Å²) in [6, 6.07) is 43.5. The fraction of sp³-hybridized carbons (Fsp3) is 0.250. The van der Waals surface area contributed by atoms with Gasteiger partial charge in [-0.05, 0) is 95.7 Å². The highest BCUT2D eigenvalue weighted by molar-refractivity contribution is 6.31. The summed E-state index contributed by atoms with van der Waals surface area (Å²) < 4.78 is 36.9. The molecule has 0 amide bonds. The van der Waals surface area contributed by atoms with Crippen LogP contribution in [0, 0.1) is 23.6 Å². The van der Waals surface area contributed by atoms with Crippen molar-refractivity contribution in [2.45, 2.75) is 50.1 Å². The number of hydrogen-bond acceptors (Lipinski definition) is 9. The SMILES string of the molecule is COc1ccc2cc([C@H](C)C(=O)OCCOC(=O)[C@H]3C4CCC(CC4)[C@@H]3n3cc(F)c4cnc(-c5nn(C(c6ccccc6)(c6ccccc6)c6ccccc6)c6ncc(Cl)cc56)nc43)ccc2c1.